The van der Waals surface area contributed by atoms with Gasteiger partial charge >= 0.3 is 6.18 Å². The molecule has 0 spiro atoms. The van der Waals surface area contributed by atoms with Crippen molar-refractivity contribution in [1.82, 2.24) is 14.8 Å². The number of halogens is 3. The van der Waals surface area contributed by atoms with Crippen molar-refractivity contribution in [2.45, 2.75) is 12.6 Å². The molecule has 0 aliphatic rings. The normalized spacial score (nSPS) is 12.2. The summed E-state index contributed by atoms with van der Waals surface area (Å²) >= 11 is 0. The molecule has 0 fully saturated rings. The number of aromatic nitrogens is 3. The van der Waals surface area contributed by atoms with Crippen molar-refractivity contribution in [3.8, 4) is 22.8 Å². The van der Waals surface area contributed by atoms with Gasteiger partial charge in [0.25, 0.3) is 10.1 Å². The highest BCUT2D eigenvalue weighted by atomic mass is 32.2. The summed E-state index contributed by atoms with van der Waals surface area (Å²) in [6.45, 7) is 0. The van der Waals surface area contributed by atoms with Gasteiger partial charge in [-0.3, -0.25) is 4.55 Å². The summed E-state index contributed by atoms with van der Waals surface area (Å²) < 4.78 is 76.3. The Morgan fingerprint density at radius 1 is 1.14 bits per heavy atom. The predicted octanol–water partition coefficient (Wildman–Crippen LogP) is 3.39. The number of aryl methyl sites for hydroxylation is 1. The Bertz CT molecular complexity index is 1090. The molecule has 1 aromatic carbocycles. The number of benzene rings is 1. The van der Waals surface area contributed by atoms with Crippen LogP contribution in [0.4, 0.5) is 13.2 Å². The Morgan fingerprint density at radius 2 is 1.83 bits per heavy atom. The fourth-order valence-corrected chi connectivity index (χ4v) is 3.12. The molecule has 0 amide bonds. The van der Waals surface area contributed by atoms with E-state index in [4.69, 9.17) is 9.29 Å². The number of hydrogen-bond donors (Lipinski definition) is 1. The summed E-state index contributed by atoms with van der Waals surface area (Å²) in [6, 6.07) is 10.2. The van der Waals surface area contributed by atoms with Crippen LogP contribution in [0.5, 0.6) is 5.88 Å². The largest absolute Gasteiger partial charge is 0.481 e. The average Bonchev–Trinajstić information content (AvgIpc) is 3.12. The lowest BCUT2D eigenvalue weighted by Crippen LogP contribution is -2.07. The molecule has 0 radical (unpaired) electrons. The molecule has 0 bridgehead atoms. The predicted molar refractivity (Wildman–Crippen MR) is 98.5 cm³/mol. The van der Waals surface area contributed by atoms with Crippen molar-refractivity contribution in [1.29, 1.82) is 0 Å². The molecule has 0 atom stereocenters. The molecule has 2 aromatic heterocycles. The van der Waals surface area contributed by atoms with Crippen LogP contribution in [0.2, 0.25) is 0 Å². The molecule has 2 heterocycles. The van der Waals surface area contributed by atoms with Crippen molar-refractivity contribution in [2.75, 3.05) is 12.9 Å². The van der Waals surface area contributed by atoms with E-state index in [2.05, 4.69) is 10.1 Å². The van der Waals surface area contributed by atoms with Gasteiger partial charge in [0.15, 0.2) is 5.69 Å². The van der Waals surface area contributed by atoms with Gasteiger partial charge in [0.2, 0.25) is 5.88 Å². The Balaban J connectivity index is 2.00. The second kappa shape index (κ2) is 7.84. The van der Waals surface area contributed by atoms with Gasteiger partial charge in [0.05, 0.1) is 30.4 Å². The van der Waals surface area contributed by atoms with E-state index in [0.29, 0.717) is 22.7 Å². The zero-order valence-electron chi connectivity index (χ0n) is 15.1. The molecule has 11 heteroatoms. The molecule has 3 aromatic rings. The molecule has 0 aliphatic carbocycles. The molecule has 7 nitrogen and oxygen atoms in total. The molecule has 3 rings (SSSR count). The van der Waals surface area contributed by atoms with Crippen LogP contribution in [0.15, 0.2) is 48.7 Å². The smallest absolute Gasteiger partial charge is 0.435 e. The molecular weight excluding hydrogens is 411 g/mol. The third-order valence-corrected chi connectivity index (χ3v) is 4.79. The fourth-order valence-electron chi connectivity index (χ4n) is 2.63. The summed E-state index contributed by atoms with van der Waals surface area (Å²) in [5.74, 6) is -0.137. The highest BCUT2D eigenvalue weighted by molar-refractivity contribution is 7.85. The molecule has 0 saturated heterocycles. The van der Waals surface area contributed by atoms with Gasteiger partial charge in [-0.25, -0.2) is 9.67 Å². The molecule has 0 saturated carbocycles. The lowest BCUT2D eigenvalue weighted by Gasteiger charge is -2.09. The quantitative estimate of drug-likeness (QED) is 0.606. The van der Waals surface area contributed by atoms with Crippen LogP contribution < -0.4 is 4.74 Å². The maximum absolute atomic E-state index is 13.2. The zero-order valence-corrected chi connectivity index (χ0v) is 15.9. The van der Waals surface area contributed by atoms with Crippen LogP contribution >= 0.6 is 0 Å². The van der Waals surface area contributed by atoms with E-state index in [1.807, 2.05) is 0 Å². The van der Waals surface area contributed by atoms with Crippen molar-refractivity contribution in [2.24, 2.45) is 0 Å². The topological polar surface area (TPSA) is 94.3 Å². The SMILES string of the molecule is COc1ccc(-n2nc(C(F)(F)F)cc2-c2ccc(CCS(=O)(=O)O)cc2)cn1. The number of hydrogen-bond acceptors (Lipinski definition) is 5. The second-order valence-corrected chi connectivity index (χ2v) is 7.69. The van der Waals surface area contributed by atoms with Crippen LogP contribution in [0, 0.1) is 0 Å². The molecule has 29 heavy (non-hydrogen) atoms. The van der Waals surface area contributed by atoms with E-state index < -0.39 is 27.7 Å². The molecule has 154 valence electrons. The lowest BCUT2D eigenvalue weighted by molar-refractivity contribution is -0.141. The van der Waals surface area contributed by atoms with Gasteiger partial charge in [-0.1, -0.05) is 24.3 Å². The average molecular weight is 427 g/mol. The Kier molecular flexibility index (Phi) is 5.62. The van der Waals surface area contributed by atoms with E-state index in [0.717, 1.165) is 10.7 Å². The van der Waals surface area contributed by atoms with Gasteiger partial charge in [0, 0.05) is 11.6 Å². The van der Waals surface area contributed by atoms with Crippen LogP contribution in [-0.4, -0.2) is 40.6 Å². The molecule has 1 N–H and O–H groups in total. The van der Waals surface area contributed by atoms with Gasteiger partial charge in [-0.05, 0) is 24.1 Å². The van der Waals surface area contributed by atoms with Crippen LogP contribution in [0.3, 0.4) is 0 Å². The summed E-state index contributed by atoms with van der Waals surface area (Å²) in [6.07, 6.45) is -3.21. The monoisotopic (exact) mass is 427 g/mol. The van der Waals surface area contributed by atoms with E-state index in [-0.39, 0.29) is 12.1 Å². The Labute approximate surface area is 164 Å². The molecule has 0 unspecified atom stereocenters. The molecule has 0 aliphatic heterocycles. The number of ether oxygens (including phenoxy) is 1. The van der Waals surface area contributed by atoms with Gasteiger partial charge in [-0.15, -0.1) is 0 Å². The zero-order chi connectivity index (χ0) is 21.2. The first-order chi connectivity index (χ1) is 13.6. The van der Waals surface area contributed by atoms with E-state index in [1.54, 1.807) is 24.3 Å². The van der Waals surface area contributed by atoms with Crippen LogP contribution in [-0.2, 0) is 22.7 Å². The Hall–Kier alpha value is -2.92. The number of methoxy groups -OCH3 is 1. The first-order valence-corrected chi connectivity index (χ1v) is 9.90. The van der Waals surface area contributed by atoms with Gasteiger partial charge < -0.3 is 4.74 Å². The standard InChI is InChI=1S/C18H16F3N3O4S/c1-28-17-7-6-14(11-22-17)24-15(10-16(23-24)18(19,20)21)13-4-2-12(3-5-13)8-9-29(25,26)27/h2-7,10-11H,8-9H2,1H3,(H,25,26,27). The van der Waals surface area contributed by atoms with E-state index >= 15 is 0 Å². The number of alkyl halides is 3. The van der Waals surface area contributed by atoms with Crippen LogP contribution in [0.25, 0.3) is 16.9 Å². The Morgan fingerprint density at radius 3 is 2.34 bits per heavy atom. The van der Waals surface area contributed by atoms with E-state index in [1.165, 1.54) is 25.4 Å². The minimum atomic E-state index is -4.63. The van der Waals surface area contributed by atoms with Crippen molar-refractivity contribution < 1.29 is 30.9 Å². The number of nitrogens with zero attached hydrogens (tertiary/aromatic N) is 3. The van der Waals surface area contributed by atoms with Gasteiger partial charge in [-0.2, -0.15) is 26.7 Å². The lowest BCUT2D eigenvalue weighted by atomic mass is 10.1. The first kappa shape index (κ1) is 20.8. The summed E-state index contributed by atoms with van der Waals surface area (Å²) in [4.78, 5) is 4.00. The number of pyridine rings is 1. The maximum Gasteiger partial charge on any atom is 0.435 e. The van der Waals surface area contributed by atoms with Crippen molar-refractivity contribution >= 4 is 10.1 Å². The minimum absolute atomic E-state index is 0.0780. The van der Waals surface area contributed by atoms with Crippen molar-refractivity contribution in [3.63, 3.8) is 0 Å². The van der Waals surface area contributed by atoms with E-state index in [9.17, 15) is 21.6 Å². The second-order valence-electron chi connectivity index (χ2n) is 6.12. The molecular formula is C18H16F3N3O4S. The summed E-state index contributed by atoms with van der Waals surface area (Å²) in [7, 11) is -2.68. The van der Waals surface area contributed by atoms with Crippen LogP contribution in [0.1, 0.15) is 11.3 Å². The first-order valence-electron chi connectivity index (χ1n) is 8.29. The summed E-state index contributed by atoms with van der Waals surface area (Å²) in [5, 5.41) is 3.67. The maximum atomic E-state index is 13.2. The third kappa shape index (κ3) is 5.12. The minimum Gasteiger partial charge on any atom is -0.481 e. The fraction of sp³-hybridized carbons (Fsp3) is 0.222. The summed E-state index contributed by atoms with van der Waals surface area (Å²) in [5.41, 5.74) is 0.496. The van der Waals surface area contributed by atoms with Crippen molar-refractivity contribution in [3.05, 3.63) is 59.9 Å². The number of rotatable bonds is 6. The third-order valence-electron chi connectivity index (χ3n) is 4.07. The highest BCUT2D eigenvalue weighted by Gasteiger charge is 2.35. The van der Waals surface area contributed by atoms with Gasteiger partial charge in [0.1, 0.15) is 0 Å². The highest BCUT2D eigenvalue weighted by Crippen LogP contribution is 2.33.